The number of thiazole rings is 1. The van der Waals surface area contributed by atoms with Gasteiger partial charge in [-0.25, -0.2) is 4.98 Å². The number of halogens is 1. The van der Waals surface area contributed by atoms with Crippen LogP contribution in [-0.4, -0.2) is 16.7 Å². The Morgan fingerprint density at radius 2 is 1.62 bits per heavy atom. The van der Waals surface area contributed by atoms with Crippen LogP contribution in [0.1, 0.15) is 42.1 Å². The van der Waals surface area contributed by atoms with E-state index in [0.717, 1.165) is 34.0 Å². The number of hydrogen-bond donors (Lipinski definition) is 0. The minimum absolute atomic E-state index is 0.0529. The molecule has 0 aliphatic carbocycles. The molecule has 0 saturated carbocycles. The number of aryl methyl sites for hydroxylation is 1. The quantitative estimate of drug-likeness (QED) is 0.238. The van der Waals surface area contributed by atoms with E-state index in [2.05, 4.69) is 107 Å². The maximum atomic E-state index is 5.27. The van der Waals surface area contributed by atoms with Gasteiger partial charge in [-0.1, -0.05) is 66.7 Å². The van der Waals surface area contributed by atoms with Crippen LogP contribution in [0.5, 0.6) is 0 Å². The first-order valence-electron chi connectivity index (χ1n) is 9.64. The van der Waals surface area contributed by atoms with E-state index in [1.165, 1.54) is 9.15 Å². The molecule has 2 aromatic carbocycles. The molecule has 1 aromatic heterocycles. The predicted octanol–water partition coefficient (Wildman–Crippen LogP) is 7.49. The van der Waals surface area contributed by atoms with E-state index in [1.54, 1.807) is 11.3 Å². The van der Waals surface area contributed by atoms with Crippen LogP contribution in [0.15, 0.2) is 86.3 Å². The first-order valence-corrected chi connectivity index (χ1v) is 11.6. The molecule has 0 radical (unpaired) electrons. The highest BCUT2D eigenvalue weighted by molar-refractivity contribution is 14.1. The lowest BCUT2D eigenvalue weighted by Gasteiger charge is -2.16. The minimum atomic E-state index is 0.0529. The van der Waals surface area contributed by atoms with Crippen LogP contribution in [0.25, 0.3) is 6.08 Å². The standard InChI is InChI=1S/C25H25IN2S/c1-18(16-23-17-29-20(3)27-23)24(15-14-19(2)26)28-25(21-10-6-4-7-11-21)22-12-8-5-9-13-22/h4-14,16-17,24H,15H2,1-3H3/b18-16+,19-14-/t24-/m0/s1. The maximum absolute atomic E-state index is 5.27. The Balaban J connectivity index is 2.07. The Labute approximate surface area is 191 Å². The molecular formula is C25H25IN2S. The summed E-state index contributed by atoms with van der Waals surface area (Å²) < 4.78 is 1.28. The number of hydrogen-bond acceptors (Lipinski definition) is 3. The summed E-state index contributed by atoms with van der Waals surface area (Å²) in [5, 5.41) is 3.19. The van der Waals surface area contributed by atoms with E-state index in [-0.39, 0.29) is 6.04 Å². The van der Waals surface area contributed by atoms with Crippen molar-refractivity contribution in [1.82, 2.24) is 4.98 Å². The van der Waals surface area contributed by atoms with E-state index in [0.29, 0.717) is 0 Å². The van der Waals surface area contributed by atoms with Crippen LogP contribution in [0.2, 0.25) is 0 Å². The largest absolute Gasteiger partial charge is 0.276 e. The monoisotopic (exact) mass is 512 g/mol. The van der Waals surface area contributed by atoms with Gasteiger partial charge in [0.1, 0.15) is 0 Å². The molecule has 148 valence electrons. The topological polar surface area (TPSA) is 25.2 Å². The molecule has 0 saturated heterocycles. The molecule has 0 spiro atoms. The number of rotatable bonds is 7. The van der Waals surface area contributed by atoms with Gasteiger partial charge in [0.25, 0.3) is 0 Å². The Hall–Kier alpha value is -2.05. The lowest BCUT2D eigenvalue weighted by atomic mass is 9.99. The van der Waals surface area contributed by atoms with Crippen LogP contribution in [0.4, 0.5) is 0 Å². The van der Waals surface area contributed by atoms with Crippen molar-refractivity contribution >= 4 is 45.7 Å². The van der Waals surface area contributed by atoms with Gasteiger partial charge in [0.05, 0.1) is 22.5 Å². The molecule has 3 aromatic rings. The Morgan fingerprint density at radius 3 is 2.10 bits per heavy atom. The van der Waals surface area contributed by atoms with E-state index in [9.17, 15) is 0 Å². The molecule has 0 N–H and O–H groups in total. The van der Waals surface area contributed by atoms with E-state index in [4.69, 9.17) is 4.99 Å². The summed E-state index contributed by atoms with van der Waals surface area (Å²) in [6.07, 6.45) is 5.29. The molecule has 1 heterocycles. The highest BCUT2D eigenvalue weighted by Gasteiger charge is 2.14. The van der Waals surface area contributed by atoms with Crippen molar-refractivity contribution in [2.75, 3.05) is 0 Å². The van der Waals surface area contributed by atoms with Crippen LogP contribution >= 0.6 is 33.9 Å². The second kappa shape index (κ2) is 10.6. The second-order valence-electron chi connectivity index (χ2n) is 6.93. The summed E-state index contributed by atoms with van der Waals surface area (Å²) in [6, 6.07) is 20.9. The summed E-state index contributed by atoms with van der Waals surface area (Å²) in [4.78, 5) is 9.87. The molecule has 2 nitrogen and oxygen atoms in total. The first-order chi connectivity index (χ1) is 14.0. The van der Waals surface area contributed by atoms with Crippen molar-refractivity contribution in [1.29, 1.82) is 0 Å². The summed E-state index contributed by atoms with van der Waals surface area (Å²) in [5.74, 6) is 0. The van der Waals surface area contributed by atoms with Gasteiger partial charge in [-0.05, 0) is 65.0 Å². The highest BCUT2D eigenvalue weighted by atomic mass is 127. The van der Waals surface area contributed by atoms with Crippen LogP contribution in [-0.2, 0) is 0 Å². The fourth-order valence-electron chi connectivity index (χ4n) is 3.05. The Kier molecular flexibility index (Phi) is 7.95. The van der Waals surface area contributed by atoms with Crippen molar-refractivity contribution in [2.45, 2.75) is 33.2 Å². The van der Waals surface area contributed by atoms with Gasteiger partial charge >= 0.3 is 0 Å². The average Bonchev–Trinajstić information content (AvgIpc) is 3.13. The molecule has 0 fully saturated rings. The molecule has 3 rings (SSSR count). The van der Waals surface area contributed by atoms with Crippen molar-refractivity contribution < 1.29 is 0 Å². The van der Waals surface area contributed by atoms with E-state index < -0.39 is 0 Å². The summed E-state index contributed by atoms with van der Waals surface area (Å²) in [5.41, 5.74) is 5.53. The summed E-state index contributed by atoms with van der Waals surface area (Å²) in [6.45, 7) is 6.32. The molecular weight excluding hydrogens is 487 g/mol. The van der Waals surface area contributed by atoms with Gasteiger partial charge < -0.3 is 0 Å². The predicted molar refractivity (Wildman–Crippen MR) is 135 cm³/mol. The molecule has 0 aliphatic rings. The molecule has 1 atom stereocenters. The molecule has 0 unspecified atom stereocenters. The van der Waals surface area contributed by atoms with Crippen molar-refractivity contribution in [3.63, 3.8) is 0 Å². The van der Waals surface area contributed by atoms with Crippen molar-refractivity contribution in [2.24, 2.45) is 4.99 Å². The lowest BCUT2D eigenvalue weighted by Crippen LogP contribution is -2.12. The van der Waals surface area contributed by atoms with Gasteiger partial charge in [-0.3, -0.25) is 4.99 Å². The molecule has 0 bridgehead atoms. The zero-order valence-electron chi connectivity index (χ0n) is 17.0. The Bertz CT molecular complexity index is 972. The zero-order valence-corrected chi connectivity index (χ0v) is 19.9. The molecule has 29 heavy (non-hydrogen) atoms. The van der Waals surface area contributed by atoms with Crippen molar-refractivity contribution in [3.05, 3.63) is 103 Å². The van der Waals surface area contributed by atoms with Gasteiger partial charge in [-0.15, -0.1) is 11.3 Å². The van der Waals surface area contributed by atoms with Crippen LogP contribution in [0.3, 0.4) is 0 Å². The number of aliphatic imine (C=N–C) groups is 1. The van der Waals surface area contributed by atoms with Gasteiger partial charge in [0.15, 0.2) is 0 Å². The van der Waals surface area contributed by atoms with Gasteiger partial charge in [0.2, 0.25) is 0 Å². The number of benzene rings is 2. The lowest BCUT2D eigenvalue weighted by molar-refractivity contribution is 0.790. The minimum Gasteiger partial charge on any atom is -0.276 e. The fraction of sp³-hybridized carbons (Fsp3) is 0.200. The zero-order chi connectivity index (χ0) is 20.6. The summed E-state index contributed by atoms with van der Waals surface area (Å²) >= 11 is 4.04. The molecule has 4 heteroatoms. The number of nitrogens with zero attached hydrogens (tertiary/aromatic N) is 2. The third-order valence-corrected chi connectivity index (χ3v) is 5.77. The number of aromatic nitrogens is 1. The normalized spacial score (nSPS) is 13.2. The maximum Gasteiger partial charge on any atom is 0.0901 e. The third-order valence-electron chi connectivity index (χ3n) is 4.54. The smallest absolute Gasteiger partial charge is 0.0901 e. The van der Waals surface area contributed by atoms with Gasteiger partial charge in [-0.2, -0.15) is 0 Å². The highest BCUT2D eigenvalue weighted by Crippen LogP contribution is 2.22. The average molecular weight is 512 g/mol. The van der Waals surface area contributed by atoms with Gasteiger partial charge in [0, 0.05) is 16.5 Å². The SMILES string of the molecule is C/C(I)=C/C[C@H](N=C(c1ccccc1)c1ccccc1)/C(C)=C/c1csc(C)n1. The molecule has 0 amide bonds. The van der Waals surface area contributed by atoms with Crippen LogP contribution < -0.4 is 0 Å². The summed E-state index contributed by atoms with van der Waals surface area (Å²) in [7, 11) is 0. The van der Waals surface area contributed by atoms with E-state index in [1.807, 2.05) is 19.1 Å². The second-order valence-corrected chi connectivity index (χ2v) is 9.70. The third kappa shape index (κ3) is 6.47. The van der Waals surface area contributed by atoms with Crippen LogP contribution in [0, 0.1) is 6.92 Å². The first kappa shape index (κ1) is 21.7. The van der Waals surface area contributed by atoms with Crippen molar-refractivity contribution in [3.8, 4) is 0 Å². The Morgan fingerprint density at radius 1 is 1.03 bits per heavy atom. The number of allylic oxidation sites excluding steroid dienone is 1. The molecule has 0 aliphatic heterocycles. The van der Waals surface area contributed by atoms with E-state index >= 15 is 0 Å². The fourth-order valence-corrected chi connectivity index (χ4v) is 3.88.